The van der Waals surface area contributed by atoms with Crippen LogP contribution < -0.4 is 0 Å². The maximum absolute atomic E-state index is 13.9. The molecule has 2 aliphatic heterocycles. The second-order valence-electron chi connectivity index (χ2n) is 28.7. The second-order valence-corrected chi connectivity index (χ2v) is 30.0. The van der Waals surface area contributed by atoms with E-state index in [1.54, 1.807) is 60.4 Å². The van der Waals surface area contributed by atoms with Crippen molar-refractivity contribution < 1.29 is 107 Å². The van der Waals surface area contributed by atoms with E-state index in [1.165, 1.54) is 0 Å². The zero-order chi connectivity index (χ0) is 69.6. The number of nitrogens with zero attached hydrogens (tertiary/aromatic N) is 6. The van der Waals surface area contributed by atoms with Gasteiger partial charge in [-0.1, -0.05) is 78.1 Å². The van der Waals surface area contributed by atoms with Gasteiger partial charge in [0.25, 0.3) is 0 Å². The van der Waals surface area contributed by atoms with Gasteiger partial charge in [0, 0.05) is 54.3 Å². The van der Waals surface area contributed by atoms with Crippen molar-refractivity contribution in [1.29, 1.82) is 0 Å². The summed E-state index contributed by atoms with van der Waals surface area (Å²) < 4.78 is 46.9. The minimum absolute atomic E-state index is 0.00767. The normalized spacial score (nSPS) is 28.2. The third kappa shape index (κ3) is 25.2. The highest BCUT2D eigenvalue weighted by molar-refractivity contribution is 6.31. The number of ether oxygens (including phenoxy) is 7. The van der Waals surface area contributed by atoms with Crippen LogP contribution in [0.2, 0.25) is 15.1 Å². The first-order valence-electron chi connectivity index (χ1n) is 31.9. The summed E-state index contributed by atoms with van der Waals surface area (Å²) in [6.07, 6.45) is -16.9. The first-order chi connectivity index (χ1) is 43.9. The number of carbonyl (C=O) groups is 3. The molecular formula is C66H104Cl3N6O19+3. The molecule has 94 heavy (non-hydrogen) atoms. The van der Waals surface area contributed by atoms with E-state index in [9.17, 15) is 60.3 Å². The molecule has 530 valence electrons. The lowest BCUT2D eigenvalue weighted by molar-refractivity contribution is -0.873. The number of carboxylic acid groups (broad SMARTS) is 3. The topological polar surface area (TPSA) is 308 Å². The Balaban J connectivity index is 1.57. The van der Waals surface area contributed by atoms with Crippen LogP contribution in [0.4, 0.5) is 0 Å². The van der Waals surface area contributed by atoms with Gasteiger partial charge >= 0.3 is 17.9 Å². The van der Waals surface area contributed by atoms with Crippen LogP contribution in [0.25, 0.3) is 0 Å². The molecule has 2 heterocycles. The Labute approximate surface area is 568 Å². The molecular weight excluding hydrogens is 1290 g/mol. The zero-order valence-corrected chi connectivity index (χ0v) is 58.3. The third-order valence-electron chi connectivity index (χ3n) is 17.1. The quantitative estimate of drug-likeness (QED) is 0.0375. The van der Waals surface area contributed by atoms with E-state index in [1.807, 2.05) is 104 Å². The van der Waals surface area contributed by atoms with Crippen molar-refractivity contribution in [3.8, 4) is 0 Å². The zero-order valence-electron chi connectivity index (χ0n) is 56.1. The molecule has 25 nitrogen and oxygen atoms in total. The highest BCUT2D eigenvalue weighted by Crippen LogP contribution is 2.41. The van der Waals surface area contributed by atoms with Gasteiger partial charge < -0.3 is 92.6 Å². The Morgan fingerprint density at radius 3 is 1.22 bits per heavy atom. The SMILES string of the molecule is C[C@@H]1[C@@H](COCC(=O)O)C[C@@H](O[C@H]2[C@H](O)[C@@H](N(Cc3ccc(Cl)cc3)CC(O)C[N+](C)(C)C)[C@H](O[C@H]3[C@H](O)[C@@H](N(Cc4ccc(Cl)cc4)CC(O)C[N+](C)(C)C)[C@H](C)O[C@@H]3COCC(=O)O)O[C@@H]2COCC(=O)O)[C@H](N(Cc2ccc(Cl)cc2)CC(O)C[N+](C)(C)C)[C@H]1O. The van der Waals surface area contributed by atoms with Crippen molar-refractivity contribution in [2.45, 2.75) is 138 Å². The molecule has 0 amide bonds. The van der Waals surface area contributed by atoms with Gasteiger partial charge in [0.2, 0.25) is 0 Å². The maximum Gasteiger partial charge on any atom is 0.329 e. The van der Waals surface area contributed by atoms with Crippen LogP contribution in [0.3, 0.4) is 0 Å². The van der Waals surface area contributed by atoms with Gasteiger partial charge in [0.1, 0.15) is 94.4 Å². The summed E-state index contributed by atoms with van der Waals surface area (Å²) in [5.41, 5.74) is 2.21. The number of quaternary nitrogens is 3. The molecule has 18 atom stereocenters. The summed E-state index contributed by atoms with van der Waals surface area (Å²) in [7, 11) is 17.3. The number of benzene rings is 3. The minimum atomic E-state index is -1.78. The Bertz CT molecular complexity index is 2800. The van der Waals surface area contributed by atoms with E-state index in [0.29, 0.717) is 47.2 Å². The molecule has 3 aliphatic rings. The molecule has 3 aromatic carbocycles. The Kier molecular flexibility index (Phi) is 30.1. The van der Waals surface area contributed by atoms with Gasteiger partial charge in [0.15, 0.2) is 6.29 Å². The smallest absolute Gasteiger partial charge is 0.329 e. The fraction of sp³-hybridized carbons (Fsp3) is 0.682. The lowest BCUT2D eigenvalue weighted by atomic mass is 9.73. The van der Waals surface area contributed by atoms with E-state index >= 15 is 0 Å². The van der Waals surface area contributed by atoms with Crippen LogP contribution in [0.5, 0.6) is 0 Å². The number of aliphatic hydroxyl groups excluding tert-OH is 6. The van der Waals surface area contributed by atoms with Crippen molar-refractivity contribution in [2.24, 2.45) is 11.8 Å². The molecule has 0 bridgehead atoms. The predicted molar refractivity (Wildman–Crippen MR) is 351 cm³/mol. The largest absolute Gasteiger partial charge is 0.480 e. The van der Waals surface area contributed by atoms with Gasteiger partial charge in [-0.25, -0.2) is 14.4 Å². The fourth-order valence-corrected chi connectivity index (χ4v) is 13.7. The van der Waals surface area contributed by atoms with Gasteiger partial charge in [-0.15, -0.1) is 0 Å². The summed E-state index contributed by atoms with van der Waals surface area (Å²) >= 11 is 19.2. The summed E-state index contributed by atoms with van der Waals surface area (Å²) in [6.45, 7) is 1.21. The average Bonchev–Trinajstić information content (AvgIpc) is 0.764. The summed E-state index contributed by atoms with van der Waals surface area (Å²) in [5.74, 6) is -4.96. The fourth-order valence-electron chi connectivity index (χ4n) is 13.3. The van der Waals surface area contributed by atoms with Crippen molar-refractivity contribution in [3.05, 3.63) is 105 Å². The van der Waals surface area contributed by atoms with Gasteiger partial charge in [0.05, 0.1) is 120 Å². The molecule has 3 unspecified atom stereocenters. The number of aliphatic carboxylic acids is 3. The molecule has 1 aliphatic carbocycles. The highest BCUT2D eigenvalue weighted by Gasteiger charge is 2.56. The Morgan fingerprint density at radius 2 is 0.840 bits per heavy atom. The van der Waals surface area contributed by atoms with Crippen molar-refractivity contribution >= 4 is 52.7 Å². The minimum Gasteiger partial charge on any atom is -0.480 e. The third-order valence-corrected chi connectivity index (χ3v) is 17.8. The van der Waals surface area contributed by atoms with E-state index in [2.05, 4.69) is 0 Å². The van der Waals surface area contributed by atoms with Crippen molar-refractivity contribution in [2.75, 3.05) is 142 Å². The van der Waals surface area contributed by atoms with Crippen LogP contribution >= 0.6 is 34.8 Å². The molecule has 0 radical (unpaired) electrons. The van der Waals surface area contributed by atoms with Crippen LogP contribution in [-0.2, 0) is 67.2 Å². The summed E-state index contributed by atoms with van der Waals surface area (Å²) in [4.78, 5) is 41.7. The molecule has 6 rings (SSSR count). The molecule has 28 heteroatoms. The number of likely N-dealkylation sites (N-methyl/N-ethyl adjacent to an activating group) is 3. The molecule has 0 aromatic heterocycles. The lowest BCUT2D eigenvalue weighted by Crippen LogP contribution is -2.70. The molecule has 2 saturated heterocycles. The van der Waals surface area contributed by atoms with E-state index in [-0.39, 0.29) is 58.8 Å². The summed E-state index contributed by atoms with van der Waals surface area (Å²) in [6, 6.07) is 17.7. The number of halogens is 3. The van der Waals surface area contributed by atoms with Gasteiger partial charge in [-0.3, -0.25) is 14.7 Å². The van der Waals surface area contributed by atoms with E-state index in [4.69, 9.17) is 68.0 Å². The molecule has 3 fully saturated rings. The number of aliphatic hydroxyl groups is 6. The number of hydrogen-bond acceptors (Lipinski definition) is 19. The summed E-state index contributed by atoms with van der Waals surface area (Å²) in [5, 5.41) is 107. The standard InChI is InChI=1S/C66H101Cl3N6O19/c1-40-45(34-88-37-55(79)80)24-52(59(61(40)85)71(29-50(77)32-74(6,7)8)26-43-14-20-47(68)21-15-43)92-64-54(36-90-39-57(83)84)93-66(60(63(64)87)72(30-51(78)33-75(9,10)11)27-44-16-22-48(69)23-17-44)94-65-53(35-89-38-56(81)82)91-41(2)58(62(65)86)70(28-49(76)31-73(3,4)5)25-42-12-18-46(67)19-13-42/h12-23,40-41,45,49-54,58-66,76-78,85-87H,24-39H2,1-11H3/p+3/t40-,41+,45-,49?,50?,51?,52-,53-,54-,58+,59+,60-,61+,62-,63-,64-,65-,66+/m1/s1. The number of hydrogen-bond donors (Lipinski definition) is 9. The van der Waals surface area contributed by atoms with Gasteiger partial charge in [-0.05, 0) is 78.3 Å². The van der Waals surface area contributed by atoms with Crippen molar-refractivity contribution in [1.82, 2.24) is 14.7 Å². The monoisotopic (exact) mass is 1390 g/mol. The van der Waals surface area contributed by atoms with Crippen molar-refractivity contribution in [3.63, 3.8) is 0 Å². The van der Waals surface area contributed by atoms with Crippen LogP contribution in [-0.4, -0.2) is 332 Å². The maximum atomic E-state index is 13.9. The first-order valence-corrected chi connectivity index (χ1v) is 33.0. The highest BCUT2D eigenvalue weighted by atomic mass is 35.5. The second kappa shape index (κ2) is 35.8. The first kappa shape index (κ1) is 79.2. The van der Waals surface area contributed by atoms with Crippen LogP contribution in [0.1, 0.15) is 37.0 Å². The number of carboxylic acids is 3. The van der Waals surface area contributed by atoms with Crippen LogP contribution in [0.15, 0.2) is 72.8 Å². The Morgan fingerprint density at radius 1 is 0.500 bits per heavy atom. The molecule has 0 spiro atoms. The molecule has 9 N–H and O–H groups in total. The molecule has 3 aromatic rings. The van der Waals surface area contributed by atoms with E-state index in [0.717, 1.165) is 11.1 Å². The predicted octanol–water partition coefficient (Wildman–Crippen LogP) is 2.45. The molecule has 1 saturated carbocycles. The Hall–Kier alpha value is -3.82. The number of rotatable bonds is 37. The van der Waals surface area contributed by atoms with Crippen LogP contribution in [0, 0.1) is 11.8 Å². The lowest BCUT2D eigenvalue weighted by Gasteiger charge is -2.54. The van der Waals surface area contributed by atoms with E-state index < -0.39 is 160 Å². The average molecular weight is 1390 g/mol. The van der Waals surface area contributed by atoms with Gasteiger partial charge in [-0.2, -0.15) is 0 Å².